The molecule has 0 amide bonds. The summed E-state index contributed by atoms with van der Waals surface area (Å²) in [4.78, 5) is 22.7. The van der Waals surface area contributed by atoms with Crippen LogP contribution in [0.1, 0.15) is 12.1 Å². The zero-order valence-electron chi connectivity index (χ0n) is 17.1. The van der Waals surface area contributed by atoms with E-state index in [0.717, 1.165) is 60.7 Å². The van der Waals surface area contributed by atoms with E-state index in [2.05, 4.69) is 15.3 Å². The van der Waals surface area contributed by atoms with Gasteiger partial charge in [0.2, 0.25) is 5.95 Å². The Kier molecular flexibility index (Phi) is 3.92. The highest BCUT2D eigenvalue weighted by atomic mass is 35.5. The first kappa shape index (κ1) is 18.2. The Bertz CT molecular complexity index is 1230. The second-order valence-electron chi connectivity index (χ2n) is 8.62. The van der Waals surface area contributed by atoms with Crippen LogP contribution in [-0.4, -0.2) is 51.6 Å². The zero-order valence-corrected chi connectivity index (χ0v) is 17.9. The van der Waals surface area contributed by atoms with E-state index in [1.165, 1.54) is 0 Å². The van der Waals surface area contributed by atoms with E-state index in [-0.39, 0.29) is 5.56 Å². The van der Waals surface area contributed by atoms with Crippen LogP contribution in [0.3, 0.4) is 0 Å². The van der Waals surface area contributed by atoms with Gasteiger partial charge in [0.05, 0.1) is 21.9 Å². The largest absolute Gasteiger partial charge is 0.342 e. The highest BCUT2D eigenvalue weighted by molar-refractivity contribution is 6.38. The Balaban J connectivity index is 1.41. The van der Waals surface area contributed by atoms with Gasteiger partial charge in [-0.05, 0) is 18.6 Å². The van der Waals surface area contributed by atoms with Gasteiger partial charge in [-0.2, -0.15) is 5.10 Å². The molecule has 30 heavy (non-hydrogen) atoms. The van der Waals surface area contributed by atoms with Crippen molar-refractivity contribution in [2.45, 2.75) is 18.9 Å². The van der Waals surface area contributed by atoms with Crippen LogP contribution >= 0.6 is 11.6 Å². The van der Waals surface area contributed by atoms with E-state index in [1.54, 1.807) is 9.25 Å². The number of piperidine rings is 1. The molecule has 2 unspecified atom stereocenters. The molecule has 3 aliphatic rings. The van der Waals surface area contributed by atoms with Gasteiger partial charge >= 0.3 is 0 Å². The summed E-state index contributed by atoms with van der Waals surface area (Å²) in [7, 11) is 3.71. The number of benzene rings is 1. The molecule has 5 heterocycles. The molecule has 0 bridgehead atoms. The van der Waals surface area contributed by atoms with Gasteiger partial charge in [-0.15, -0.1) is 0 Å². The van der Waals surface area contributed by atoms with E-state index >= 15 is 0 Å². The number of hydrogen-bond donors (Lipinski definition) is 1. The number of fused-ring (bicyclic) bond motifs is 3. The monoisotopic (exact) mass is 425 g/mol. The molecule has 3 aliphatic heterocycles. The van der Waals surface area contributed by atoms with E-state index < -0.39 is 0 Å². The van der Waals surface area contributed by atoms with Gasteiger partial charge in [0.25, 0.3) is 5.56 Å². The fraction of sp³-hybridized carbons (Fsp3) is 0.476. The van der Waals surface area contributed by atoms with Gasteiger partial charge in [0, 0.05) is 70.2 Å². The van der Waals surface area contributed by atoms with Gasteiger partial charge in [-0.3, -0.25) is 14.0 Å². The van der Waals surface area contributed by atoms with Gasteiger partial charge in [-0.25, -0.2) is 4.98 Å². The van der Waals surface area contributed by atoms with Crippen LogP contribution in [0.4, 0.5) is 17.3 Å². The molecular formula is C21H24ClN7O. The second-order valence-corrected chi connectivity index (χ2v) is 8.99. The Labute approximate surface area is 179 Å². The molecule has 2 fully saturated rings. The summed E-state index contributed by atoms with van der Waals surface area (Å²) in [6, 6.07) is 4.54. The van der Waals surface area contributed by atoms with Crippen molar-refractivity contribution in [2.75, 3.05) is 36.0 Å². The van der Waals surface area contributed by atoms with Crippen molar-refractivity contribution in [1.82, 2.24) is 24.6 Å². The average Bonchev–Trinajstić information content (AvgIpc) is 3.30. The summed E-state index contributed by atoms with van der Waals surface area (Å²) in [5, 5.41) is 9.43. The fourth-order valence-corrected chi connectivity index (χ4v) is 5.44. The summed E-state index contributed by atoms with van der Waals surface area (Å²) in [5.41, 5.74) is 3.18. The van der Waals surface area contributed by atoms with Crippen molar-refractivity contribution in [3.8, 4) is 0 Å². The molecule has 3 aromatic rings. The third kappa shape index (κ3) is 2.53. The summed E-state index contributed by atoms with van der Waals surface area (Å²) in [5.74, 6) is 1.45. The lowest BCUT2D eigenvalue weighted by atomic mass is 9.85. The Hall–Kier alpha value is -2.58. The molecule has 9 heteroatoms. The van der Waals surface area contributed by atoms with Crippen molar-refractivity contribution < 1.29 is 0 Å². The lowest BCUT2D eigenvalue weighted by molar-refractivity contribution is 0.197. The summed E-state index contributed by atoms with van der Waals surface area (Å²) < 4.78 is 3.46. The van der Waals surface area contributed by atoms with Crippen LogP contribution in [0.5, 0.6) is 0 Å². The quantitative estimate of drug-likeness (QED) is 0.675. The predicted octanol–water partition coefficient (Wildman–Crippen LogP) is 1.81. The van der Waals surface area contributed by atoms with Crippen LogP contribution in [0, 0.1) is 5.92 Å². The van der Waals surface area contributed by atoms with Crippen LogP contribution in [-0.2, 0) is 20.5 Å². The third-order valence-electron chi connectivity index (χ3n) is 6.83. The zero-order chi connectivity index (χ0) is 20.6. The van der Waals surface area contributed by atoms with E-state index in [4.69, 9.17) is 16.6 Å². The van der Waals surface area contributed by atoms with Gasteiger partial charge in [0.1, 0.15) is 5.69 Å². The topological polar surface area (TPSA) is 71.2 Å². The second kappa shape index (κ2) is 6.46. The van der Waals surface area contributed by atoms with Crippen LogP contribution < -0.4 is 20.7 Å². The normalized spacial score (nSPS) is 22.9. The lowest BCUT2D eigenvalue weighted by Gasteiger charge is -2.46. The highest BCUT2D eigenvalue weighted by Crippen LogP contribution is 2.39. The molecular weight excluding hydrogens is 402 g/mol. The minimum atomic E-state index is -0.0105. The molecule has 0 radical (unpaired) electrons. The Morgan fingerprint density at radius 2 is 2.10 bits per heavy atom. The first-order valence-corrected chi connectivity index (χ1v) is 10.9. The predicted molar refractivity (Wildman–Crippen MR) is 118 cm³/mol. The molecule has 0 spiro atoms. The minimum absolute atomic E-state index is 0.0105. The molecule has 6 rings (SSSR count). The molecule has 2 aromatic heterocycles. The molecule has 156 valence electrons. The van der Waals surface area contributed by atoms with Crippen molar-refractivity contribution in [2.24, 2.45) is 20.0 Å². The first-order chi connectivity index (χ1) is 14.5. The maximum atomic E-state index is 13.4. The van der Waals surface area contributed by atoms with Crippen molar-refractivity contribution in [3.05, 3.63) is 39.4 Å². The number of rotatable bonds is 2. The molecule has 0 saturated carbocycles. The number of halogens is 1. The number of anilines is 3. The van der Waals surface area contributed by atoms with Crippen LogP contribution in [0.15, 0.2) is 23.1 Å². The SMILES string of the molecule is Cn1cc2c(Cl)c(N3CCc4nc(N5CCC6NCC6C5)n(C)c(=O)c43)ccc2n1. The lowest BCUT2D eigenvalue weighted by Crippen LogP contribution is -2.62. The Morgan fingerprint density at radius 1 is 1.23 bits per heavy atom. The highest BCUT2D eigenvalue weighted by Gasteiger charge is 2.37. The molecule has 2 atom stereocenters. The van der Waals surface area contributed by atoms with E-state index in [1.807, 2.05) is 37.3 Å². The average molecular weight is 426 g/mol. The smallest absolute Gasteiger partial charge is 0.278 e. The number of nitrogens with zero attached hydrogens (tertiary/aromatic N) is 6. The van der Waals surface area contributed by atoms with Crippen LogP contribution in [0.2, 0.25) is 5.02 Å². The van der Waals surface area contributed by atoms with Gasteiger partial charge in [0.15, 0.2) is 0 Å². The number of aromatic nitrogens is 4. The first-order valence-electron chi connectivity index (χ1n) is 10.5. The number of hydrogen-bond acceptors (Lipinski definition) is 6. The van der Waals surface area contributed by atoms with Gasteiger partial charge < -0.3 is 15.1 Å². The van der Waals surface area contributed by atoms with E-state index in [0.29, 0.717) is 29.2 Å². The minimum Gasteiger partial charge on any atom is -0.342 e. The van der Waals surface area contributed by atoms with Crippen molar-refractivity contribution in [1.29, 1.82) is 0 Å². The van der Waals surface area contributed by atoms with Gasteiger partial charge in [-0.1, -0.05) is 11.6 Å². The van der Waals surface area contributed by atoms with E-state index in [9.17, 15) is 4.79 Å². The maximum Gasteiger partial charge on any atom is 0.278 e. The fourth-order valence-electron chi connectivity index (χ4n) is 5.13. The summed E-state index contributed by atoms with van der Waals surface area (Å²) in [6.45, 7) is 3.65. The van der Waals surface area contributed by atoms with Crippen molar-refractivity contribution >= 4 is 39.8 Å². The standard InChI is InChI=1S/C21H24ClN7O/c1-26-11-13-15(25-26)3-4-17(18(13)22)29-8-6-16-19(29)20(30)27(2)21(24-16)28-7-5-14-12(10-28)9-23-14/h3-4,11-12,14,23H,5-10H2,1-2H3. The summed E-state index contributed by atoms with van der Waals surface area (Å²) >= 11 is 6.74. The third-order valence-corrected chi connectivity index (χ3v) is 7.22. The molecule has 0 aliphatic carbocycles. The molecule has 2 saturated heterocycles. The molecule has 1 N–H and O–H groups in total. The molecule has 1 aromatic carbocycles. The van der Waals surface area contributed by atoms with Crippen LogP contribution in [0.25, 0.3) is 10.9 Å². The van der Waals surface area contributed by atoms with Crippen molar-refractivity contribution in [3.63, 3.8) is 0 Å². The Morgan fingerprint density at radius 3 is 2.87 bits per heavy atom. The molecule has 8 nitrogen and oxygen atoms in total. The number of nitrogens with one attached hydrogen (secondary N) is 1. The number of aryl methyl sites for hydroxylation is 1. The maximum absolute atomic E-state index is 13.4. The summed E-state index contributed by atoms with van der Waals surface area (Å²) in [6.07, 6.45) is 3.75.